The standard InChI is InChI=1S/C7H16.C4H7NO.H2/c1-5-6-7(2,3)4;5-4(6)3-1-2-3;/h5-6H2,1-4H3;3H,1-2H2,(H2,5,6);1H. The number of nitrogens with two attached hydrogens (primary N) is 1. The molecule has 1 amide bonds. The number of rotatable bonds is 2. The number of amides is 1. The van der Waals surface area contributed by atoms with E-state index < -0.39 is 0 Å². The average molecular weight is 187 g/mol. The van der Waals surface area contributed by atoms with Crippen LogP contribution in [-0.4, -0.2) is 5.91 Å². The van der Waals surface area contributed by atoms with Crippen molar-refractivity contribution in [2.24, 2.45) is 17.1 Å². The average Bonchev–Trinajstić information content (AvgIpc) is 2.64. The summed E-state index contributed by atoms with van der Waals surface area (Å²) in [6.45, 7) is 9.05. The van der Waals surface area contributed by atoms with Crippen LogP contribution in [0.1, 0.15) is 54.8 Å². The first-order valence-corrected chi connectivity index (χ1v) is 5.16. The lowest BCUT2D eigenvalue weighted by Crippen LogP contribution is -2.11. The molecule has 1 saturated carbocycles. The third-order valence-electron chi connectivity index (χ3n) is 1.98. The maximum absolute atomic E-state index is 9.98. The Labute approximate surface area is 83.4 Å². The Balaban J connectivity index is 0. The molecule has 1 aliphatic carbocycles. The van der Waals surface area contributed by atoms with Gasteiger partial charge in [-0.05, 0) is 24.7 Å². The highest BCUT2D eigenvalue weighted by molar-refractivity contribution is 5.78. The van der Waals surface area contributed by atoms with Crippen LogP contribution in [0.15, 0.2) is 0 Å². The van der Waals surface area contributed by atoms with Gasteiger partial charge in [0, 0.05) is 7.34 Å². The fourth-order valence-electron chi connectivity index (χ4n) is 1.12. The van der Waals surface area contributed by atoms with E-state index in [2.05, 4.69) is 27.7 Å². The minimum absolute atomic E-state index is 0. The predicted octanol–water partition coefficient (Wildman–Crippen LogP) is 2.96. The van der Waals surface area contributed by atoms with Gasteiger partial charge in [0.15, 0.2) is 0 Å². The third-order valence-corrected chi connectivity index (χ3v) is 1.98. The van der Waals surface area contributed by atoms with Gasteiger partial charge in [-0.15, -0.1) is 0 Å². The van der Waals surface area contributed by atoms with Crippen molar-refractivity contribution in [3.8, 4) is 0 Å². The summed E-state index contributed by atoms with van der Waals surface area (Å²) in [4.78, 5) is 9.98. The number of carbonyl (C=O) groups is 1. The van der Waals surface area contributed by atoms with E-state index in [1.54, 1.807) is 0 Å². The normalized spacial score (nSPS) is 16.0. The molecule has 0 saturated heterocycles. The van der Waals surface area contributed by atoms with E-state index in [1.807, 2.05) is 0 Å². The first-order chi connectivity index (χ1) is 5.87. The molecule has 0 unspecified atom stereocenters. The molecule has 0 aromatic heterocycles. The number of primary amides is 1. The first-order valence-electron chi connectivity index (χ1n) is 5.16. The van der Waals surface area contributed by atoms with Gasteiger partial charge in [-0.1, -0.05) is 34.1 Å². The molecule has 0 radical (unpaired) electrons. The molecule has 0 atom stereocenters. The van der Waals surface area contributed by atoms with Gasteiger partial charge >= 0.3 is 0 Å². The summed E-state index contributed by atoms with van der Waals surface area (Å²) in [6, 6.07) is 0. The zero-order chi connectivity index (χ0) is 10.5. The molecule has 0 heterocycles. The largest absolute Gasteiger partial charge is 0.369 e. The molecule has 2 heteroatoms. The van der Waals surface area contributed by atoms with Crippen LogP contribution >= 0.6 is 0 Å². The molecule has 80 valence electrons. The van der Waals surface area contributed by atoms with Crippen molar-refractivity contribution in [3.05, 3.63) is 0 Å². The van der Waals surface area contributed by atoms with Crippen molar-refractivity contribution in [1.82, 2.24) is 0 Å². The molecule has 0 bridgehead atoms. The molecule has 1 fully saturated rings. The fraction of sp³-hybridized carbons (Fsp3) is 0.909. The van der Waals surface area contributed by atoms with Crippen molar-refractivity contribution in [1.29, 1.82) is 0 Å². The van der Waals surface area contributed by atoms with Gasteiger partial charge in [0.25, 0.3) is 0 Å². The summed E-state index contributed by atoms with van der Waals surface area (Å²) < 4.78 is 0. The molecule has 1 rings (SSSR count). The molecule has 2 N–H and O–H groups in total. The minimum Gasteiger partial charge on any atom is -0.369 e. The number of hydrogen-bond donors (Lipinski definition) is 1. The summed E-state index contributed by atoms with van der Waals surface area (Å²) in [7, 11) is 0. The Morgan fingerprint density at radius 2 is 1.92 bits per heavy atom. The monoisotopic (exact) mass is 187 g/mol. The maximum atomic E-state index is 9.98. The van der Waals surface area contributed by atoms with Crippen LogP contribution in [-0.2, 0) is 4.79 Å². The van der Waals surface area contributed by atoms with E-state index in [9.17, 15) is 4.79 Å². The van der Waals surface area contributed by atoms with Crippen LogP contribution in [0, 0.1) is 11.3 Å². The van der Waals surface area contributed by atoms with Gasteiger partial charge in [-0.2, -0.15) is 0 Å². The number of carbonyl (C=O) groups excluding carboxylic acids is 1. The van der Waals surface area contributed by atoms with Crippen molar-refractivity contribution in [2.75, 3.05) is 0 Å². The zero-order valence-electron chi connectivity index (χ0n) is 9.39. The van der Waals surface area contributed by atoms with E-state index in [0.29, 0.717) is 5.41 Å². The van der Waals surface area contributed by atoms with Crippen LogP contribution in [0.2, 0.25) is 0 Å². The molecule has 0 spiro atoms. The predicted molar refractivity (Wildman–Crippen MR) is 58.4 cm³/mol. The number of hydrogen-bond acceptors (Lipinski definition) is 1. The van der Waals surface area contributed by atoms with Gasteiger partial charge in [-0.3, -0.25) is 4.79 Å². The Hall–Kier alpha value is -0.530. The summed E-state index contributed by atoms with van der Waals surface area (Å²) in [5.74, 6) is 0.111. The highest BCUT2D eigenvalue weighted by Crippen LogP contribution is 2.27. The molecular weight excluding hydrogens is 162 g/mol. The minimum atomic E-state index is -0.130. The Bertz CT molecular complexity index is 159. The highest BCUT2D eigenvalue weighted by atomic mass is 16.1. The molecule has 2 nitrogen and oxygen atoms in total. The van der Waals surface area contributed by atoms with E-state index in [-0.39, 0.29) is 13.3 Å². The van der Waals surface area contributed by atoms with Crippen LogP contribution in [0.4, 0.5) is 0 Å². The van der Waals surface area contributed by atoms with Crippen molar-refractivity contribution in [3.63, 3.8) is 0 Å². The topological polar surface area (TPSA) is 43.1 Å². The first kappa shape index (κ1) is 12.5. The molecule has 0 aromatic rings. The van der Waals surface area contributed by atoms with Crippen molar-refractivity contribution < 1.29 is 6.22 Å². The molecular formula is C11H25NO. The van der Waals surface area contributed by atoms with Crippen LogP contribution in [0.25, 0.3) is 0 Å². The summed E-state index contributed by atoms with van der Waals surface area (Å²) in [6.07, 6.45) is 4.70. The van der Waals surface area contributed by atoms with E-state index in [4.69, 9.17) is 5.73 Å². The lowest BCUT2D eigenvalue weighted by molar-refractivity contribution is -0.119. The molecule has 13 heavy (non-hydrogen) atoms. The Kier molecular flexibility index (Phi) is 5.04. The Morgan fingerprint density at radius 1 is 1.46 bits per heavy atom. The third kappa shape index (κ3) is 9.38. The quantitative estimate of drug-likeness (QED) is 0.709. The van der Waals surface area contributed by atoms with Gasteiger partial charge in [0.1, 0.15) is 0 Å². The SMILES string of the molecule is CCCC(C)(C)C.NC(=O)C1CC1.[HH]. The Morgan fingerprint density at radius 3 is 1.92 bits per heavy atom. The van der Waals surface area contributed by atoms with E-state index in [1.165, 1.54) is 12.8 Å². The van der Waals surface area contributed by atoms with E-state index >= 15 is 0 Å². The molecule has 0 aromatic carbocycles. The molecule has 1 aliphatic rings. The van der Waals surface area contributed by atoms with Gasteiger partial charge in [-0.25, -0.2) is 0 Å². The summed E-state index contributed by atoms with van der Waals surface area (Å²) >= 11 is 0. The highest BCUT2D eigenvalue weighted by Gasteiger charge is 2.26. The summed E-state index contributed by atoms with van der Waals surface area (Å²) in [5.41, 5.74) is 5.41. The van der Waals surface area contributed by atoms with Gasteiger partial charge < -0.3 is 5.73 Å². The van der Waals surface area contributed by atoms with E-state index in [0.717, 1.165) is 12.8 Å². The zero-order valence-corrected chi connectivity index (χ0v) is 9.39. The lowest BCUT2D eigenvalue weighted by atomic mass is 9.91. The smallest absolute Gasteiger partial charge is 0.220 e. The van der Waals surface area contributed by atoms with Gasteiger partial charge in [0.05, 0.1) is 0 Å². The van der Waals surface area contributed by atoms with Crippen LogP contribution < -0.4 is 5.73 Å². The fourth-order valence-corrected chi connectivity index (χ4v) is 1.12. The van der Waals surface area contributed by atoms with Crippen molar-refractivity contribution >= 4 is 5.91 Å². The summed E-state index contributed by atoms with van der Waals surface area (Å²) in [5, 5.41) is 0. The molecule has 0 aliphatic heterocycles. The second kappa shape index (κ2) is 5.25. The maximum Gasteiger partial charge on any atom is 0.220 e. The van der Waals surface area contributed by atoms with Crippen LogP contribution in [0.3, 0.4) is 0 Å². The van der Waals surface area contributed by atoms with Gasteiger partial charge in [0.2, 0.25) is 5.91 Å². The lowest BCUT2D eigenvalue weighted by Gasteiger charge is -2.15. The van der Waals surface area contributed by atoms with Crippen LogP contribution in [0.5, 0.6) is 0 Å². The second-order valence-electron chi connectivity index (χ2n) is 4.99. The van der Waals surface area contributed by atoms with Crippen molar-refractivity contribution in [2.45, 2.75) is 53.4 Å². The second-order valence-corrected chi connectivity index (χ2v) is 4.99.